The lowest BCUT2D eigenvalue weighted by atomic mass is 10.1. The van der Waals surface area contributed by atoms with Crippen molar-refractivity contribution in [2.24, 2.45) is 5.73 Å². The fraction of sp³-hybridized carbons (Fsp3) is 0.429. The van der Waals surface area contributed by atoms with E-state index in [-0.39, 0.29) is 19.3 Å². The highest BCUT2D eigenvalue weighted by Gasteiger charge is 1.99. The quantitative estimate of drug-likeness (QED) is 0.700. The molecule has 0 saturated carbocycles. The standard InChI is InChI=1S/C9H13N.C5H8O4/c10-8-4-7-9-5-2-1-3-6-9;6-4(7)2-1-3-5(8)9/h1-3,5-6H,4,7-8,10H2;1-3H2,(H,6,7)(H,8,9). The monoisotopic (exact) mass is 267 g/mol. The van der Waals surface area contributed by atoms with Crippen LogP contribution in [0.15, 0.2) is 30.3 Å². The van der Waals surface area contributed by atoms with Crippen molar-refractivity contribution in [2.75, 3.05) is 6.54 Å². The van der Waals surface area contributed by atoms with E-state index in [9.17, 15) is 9.59 Å². The molecule has 1 rings (SSSR count). The van der Waals surface area contributed by atoms with E-state index in [4.69, 9.17) is 15.9 Å². The molecule has 0 bridgehead atoms. The van der Waals surface area contributed by atoms with Gasteiger partial charge in [-0.3, -0.25) is 9.59 Å². The Morgan fingerprint density at radius 1 is 0.947 bits per heavy atom. The highest BCUT2D eigenvalue weighted by molar-refractivity contribution is 5.69. The van der Waals surface area contributed by atoms with Gasteiger partial charge in [0.2, 0.25) is 0 Å². The van der Waals surface area contributed by atoms with Crippen molar-refractivity contribution >= 4 is 11.9 Å². The maximum absolute atomic E-state index is 9.79. The summed E-state index contributed by atoms with van der Waals surface area (Å²) in [7, 11) is 0. The number of nitrogens with two attached hydrogens (primary N) is 1. The number of benzene rings is 1. The first-order valence-electron chi connectivity index (χ1n) is 6.24. The summed E-state index contributed by atoms with van der Waals surface area (Å²) in [5.41, 5.74) is 6.76. The molecule has 106 valence electrons. The largest absolute Gasteiger partial charge is 0.481 e. The van der Waals surface area contributed by atoms with Gasteiger partial charge in [0.05, 0.1) is 0 Å². The number of hydrogen-bond donors (Lipinski definition) is 3. The van der Waals surface area contributed by atoms with E-state index in [1.807, 2.05) is 6.07 Å². The molecule has 0 spiro atoms. The molecule has 0 amide bonds. The number of carboxylic acid groups (broad SMARTS) is 2. The predicted octanol–water partition coefficient (Wildman–Crippen LogP) is 1.90. The van der Waals surface area contributed by atoms with Crippen LogP contribution in [0.3, 0.4) is 0 Å². The third-order valence-corrected chi connectivity index (χ3v) is 2.29. The van der Waals surface area contributed by atoms with Crippen LogP contribution in [0.1, 0.15) is 31.2 Å². The van der Waals surface area contributed by atoms with E-state index >= 15 is 0 Å². The zero-order valence-electron chi connectivity index (χ0n) is 10.9. The summed E-state index contributed by atoms with van der Waals surface area (Å²) < 4.78 is 0. The molecule has 5 heteroatoms. The molecule has 0 aromatic heterocycles. The molecule has 0 aliphatic rings. The summed E-state index contributed by atoms with van der Waals surface area (Å²) in [6.07, 6.45) is 2.28. The van der Waals surface area contributed by atoms with Crippen LogP contribution in [0.2, 0.25) is 0 Å². The van der Waals surface area contributed by atoms with Gasteiger partial charge in [-0.05, 0) is 31.4 Å². The highest BCUT2D eigenvalue weighted by Crippen LogP contribution is 2.00. The van der Waals surface area contributed by atoms with Crippen LogP contribution in [0.5, 0.6) is 0 Å². The Kier molecular flexibility index (Phi) is 10.1. The minimum Gasteiger partial charge on any atom is -0.481 e. The molecule has 0 aliphatic carbocycles. The molecule has 0 aliphatic heterocycles. The van der Waals surface area contributed by atoms with E-state index in [0.29, 0.717) is 0 Å². The third kappa shape index (κ3) is 12.4. The number of hydrogen-bond acceptors (Lipinski definition) is 3. The van der Waals surface area contributed by atoms with Gasteiger partial charge in [-0.15, -0.1) is 0 Å². The minimum atomic E-state index is -0.948. The van der Waals surface area contributed by atoms with Gasteiger partial charge in [0.25, 0.3) is 0 Å². The predicted molar refractivity (Wildman–Crippen MR) is 72.9 cm³/mol. The van der Waals surface area contributed by atoms with Gasteiger partial charge in [0, 0.05) is 12.8 Å². The molecule has 1 aromatic rings. The maximum Gasteiger partial charge on any atom is 0.303 e. The van der Waals surface area contributed by atoms with Crippen molar-refractivity contribution in [1.82, 2.24) is 0 Å². The van der Waals surface area contributed by atoms with Crippen LogP contribution in [-0.2, 0) is 16.0 Å². The number of aliphatic carboxylic acids is 2. The molecule has 4 N–H and O–H groups in total. The number of rotatable bonds is 7. The van der Waals surface area contributed by atoms with Gasteiger partial charge in [-0.25, -0.2) is 0 Å². The Morgan fingerprint density at radius 2 is 1.47 bits per heavy atom. The molecular formula is C14H21NO4. The molecule has 0 unspecified atom stereocenters. The van der Waals surface area contributed by atoms with Crippen molar-refractivity contribution in [3.8, 4) is 0 Å². The van der Waals surface area contributed by atoms with Crippen LogP contribution in [0.4, 0.5) is 0 Å². The Morgan fingerprint density at radius 3 is 1.89 bits per heavy atom. The molecule has 5 nitrogen and oxygen atoms in total. The van der Waals surface area contributed by atoms with Crippen molar-refractivity contribution in [3.05, 3.63) is 35.9 Å². The first-order valence-corrected chi connectivity index (χ1v) is 6.24. The third-order valence-electron chi connectivity index (χ3n) is 2.29. The molecule has 0 saturated heterocycles. The van der Waals surface area contributed by atoms with E-state index in [2.05, 4.69) is 24.3 Å². The van der Waals surface area contributed by atoms with Gasteiger partial charge in [-0.1, -0.05) is 30.3 Å². The Labute approximate surface area is 113 Å². The van der Waals surface area contributed by atoms with Gasteiger partial charge in [-0.2, -0.15) is 0 Å². The smallest absolute Gasteiger partial charge is 0.303 e. The van der Waals surface area contributed by atoms with Gasteiger partial charge >= 0.3 is 11.9 Å². The first kappa shape index (κ1) is 17.1. The number of carboxylic acids is 2. The van der Waals surface area contributed by atoms with Gasteiger partial charge in [0.15, 0.2) is 0 Å². The van der Waals surface area contributed by atoms with Crippen LogP contribution >= 0.6 is 0 Å². The second-order valence-corrected chi connectivity index (χ2v) is 4.02. The van der Waals surface area contributed by atoms with Gasteiger partial charge in [0.1, 0.15) is 0 Å². The van der Waals surface area contributed by atoms with Crippen molar-refractivity contribution in [1.29, 1.82) is 0 Å². The molecule has 0 radical (unpaired) electrons. The molecule has 19 heavy (non-hydrogen) atoms. The minimum absolute atomic E-state index is 0.0632. The van der Waals surface area contributed by atoms with Crippen molar-refractivity contribution < 1.29 is 19.8 Å². The van der Waals surface area contributed by atoms with E-state index < -0.39 is 11.9 Å². The molecular weight excluding hydrogens is 246 g/mol. The topological polar surface area (TPSA) is 101 Å². The van der Waals surface area contributed by atoms with Crippen molar-refractivity contribution in [2.45, 2.75) is 32.1 Å². The molecule has 0 atom stereocenters. The summed E-state index contributed by atoms with van der Waals surface area (Å²) in [6.45, 7) is 0.787. The Hall–Kier alpha value is -1.88. The van der Waals surface area contributed by atoms with Crippen molar-refractivity contribution in [3.63, 3.8) is 0 Å². The second kappa shape index (κ2) is 11.2. The normalized spacial score (nSPS) is 9.32. The maximum atomic E-state index is 9.79. The summed E-state index contributed by atoms with van der Waals surface area (Å²) in [5.74, 6) is -1.90. The van der Waals surface area contributed by atoms with E-state index in [1.54, 1.807) is 0 Å². The average Bonchev–Trinajstić information content (AvgIpc) is 2.37. The Bertz CT molecular complexity index is 351. The number of aryl methyl sites for hydroxylation is 1. The molecule has 1 aromatic carbocycles. The summed E-state index contributed by atoms with van der Waals surface area (Å²) >= 11 is 0. The molecule has 0 heterocycles. The van der Waals surface area contributed by atoms with Gasteiger partial charge < -0.3 is 15.9 Å². The first-order chi connectivity index (χ1) is 9.06. The zero-order chi connectivity index (χ0) is 14.5. The zero-order valence-corrected chi connectivity index (χ0v) is 10.9. The SMILES string of the molecule is NCCCc1ccccc1.O=C(O)CCCC(=O)O. The summed E-state index contributed by atoms with van der Waals surface area (Å²) in [4.78, 5) is 19.6. The second-order valence-electron chi connectivity index (χ2n) is 4.02. The highest BCUT2D eigenvalue weighted by atomic mass is 16.4. The van der Waals surface area contributed by atoms with Crippen LogP contribution in [-0.4, -0.2) is 28.7 Å². The lowest BCUT2D eigenvalue weighted by Gasteiger charge is -1.96. The van der Waals surface area contributed by atoms with Crippen LogP contribution < -0.4 is 5.73 Å². The number of carbonyl (C=O) groups is 2. The van der Waals surface area contributed by atoms with Crippen LogP contribution in [0, 0.1) is 0 Å². The lowest BCUT2D eigenvalue weighted by Crippen LogP contribution is -1.99. The van der Waals surface area contributed by atoms with E-state index in [1.165, 1.54) is 5.56 Å². The average molecular weight is 267 g/mol. The molecule has 0 fully saturated rings. The fourth-order valence-corrected chi connectivity index (χ4v) is 1.34. The Balaban J connectivity index is 0.000000344. The lowest BCUT2D eigenvalue weighted by molar-refractivity contribution is -0.138. The fourth-order valence-electron chi connectivity index (χ4n) is 1.34. The summed E-state index contributed by atoms with van der Waals surface area (Å²) in [6, 6.07) is 10.4. The van der Waals surface area contributed by atoms with E-state index in [0.717, 1.165) is 19.4 Å². The van der Waals surface area contributed by atoms with Crippen LogP contribution in [0.25, 0.3) is 0 Å². The summed E-state index contributed by atoms with van der Waals surface area (Å²) in [5, 5.41) is 16.1.